The van der Waals surface area contributed by atoms with Crippen molar-refractivity contribution in [3.05, 3.63) is 59.7 Å². The van der Waals surface area contributed by atoms with Crippen molar-refractivity contribution in [2.24, 2.45) is 0 Å². The number of rotatable bonds is 11. The Labute approximate surface area is 186 Å². The van der Waals surface area contributed by atoms with Gasteiger partial charge < -0.3 is 10.6 Å². The van der Waals surface area contributed by atoms with E-state index in [0.717, 1.165) is 41.6 Å². The maximum absolute atomic E-state index is 13.5. The number of anilines is 2. The fourth-order valence-electron chi connectivity index (χ4n) is 2.99. The number of nitrogens with zero attached hydrogens (tertiary/aromatic N) is 1. The van der Waals surface area contributed by atoms with Gasteiger partial charge in [-0.3, -0.25) is 13.9 Å². The summed E-state index contributed by atoms with van der Waals surface area (Å²) in [7, 11) is -3.77. The lowest BCUT2D eigenvalue weighted by molar-refractivity contribution is -0.116. The highest BCUT2D eigenvalue weighted by molar-refractivity contribution is 7.92. The van der Waals surface area contributed by atoms with E-state index >= 15 is 0 Å². The number of carbonyl (C=O) groups excluding carboxylic acids is 2. The second-order valence-corrected chi connectivity index (χ2v) is 9.15. The van der Waals surface area contributed by atoms with Gasteiger partial charge in [-0.15, -0.1) is 0 Å². The average Bonchev–Trinajstić information content (AvgIpc) is 2.73. The second kappa shape index (κ2) is 11.6. The minimum absolute atomic E-state index is 0.0269. The molecule has 0 atom stereocenters. The predicted molar refractivity (Wildman–Crippen MR) is 120 cm³/mol. The quantitative estimate of drug-likeness (QED) is 0.493. The number of benzene rings is 2. The van der Waals surface area contributed by atoms with Crippen LogP contribution < -0.4 is 14.9 Å². The monoisotopic (exact) mass is 467 g/mol. The highest BCUT2D eigenvalue weighted by Crippen LogP contribution is 2.21. The SMILES string of the molecule is CCCCNC(=O)c1ccccc1NC(=O)CCCN(c1ccc(F)c(F)c1)S(C)(=O)=O. The summed E-state index contributed by atoms with van der Waals surface area (Å²) >= 11 is 0. The first-order valence-corrected chi connectivity index (χ1v) is 12.1. The number of hydrogen-bond donors (Lipinski definition) is 2. The van der Waals surface area contributed by atoms with Crippen LogP contribution >= 0.6 is 0 Å². The van der Waals surface area contributed by atoms with Gasteiger partial charge >= 0.3 is 0 Å². The van der Waals surface area contributed by atoms with Crippen LogP contribution in [0.1, 0.15) is 43.0 Å². The van der Waals surface area contributed by atoms with Crippen LogP contribution in [0.15, 0.2) is 42.5 Å². The number of carbonyl (C=O) groups is 2. The molecule has 0 spiro atoms. The van der Waals surface area contributed by atoms with Crippen molar-refractivity contribution < 1.29 is 26.8 Å². The standard InChI is InChI=1S/C22H27F2N3O4S/c1-3-4-13-25-22(29)17-8-5-6-9-20(17)26-21(28)10-7-14-27(32(2,30)31)16-11-12-18(23)19(24)15-16/h5-6,8-9,11-12,15H,3-4,7,10,13-14H2,1-2H3,(H,25,29)(H,26,28). The normalized spacial score (nSPS) is 11.1. The molecule has 10 heteroatoms. The summed E-state index contributed by atoms with van der Waals surface area (Å²) in [5.74, 6) is -2.95. The maximum Gasteiger partial charge on any atom is 0.253 e. The van der Waals surface area contributed by atoms with Gasteiger partial charge in [0.25, 0.3) is 5.91 Å². The first-order chi connectivity index (χ1) is 15.1. The van der Waals surface area contributed by atoms with Crippen LogP contribution in [-0.2, 0) is 14.8 Å². The Morgan fingerprint density at radius 2 is 1.75 bits per heavy atom. The number of unbranched alkanes of at least 4 members (excludes halogenated alkanes) is 1. The number of para-hydroxylation sites is 1. The minimum atomic E-state index is -3.77. The molecule has 0 unspecified atom stereocenters. The van der Waals surface area contributed by atoms with Crippen LogP contribution in [0.4, 0.5) is 20.2 Å². The number of hydrogen-bond acceptors (Lipinski definition) is 4. The zero-order valence-electron chi connectivity index (χ0n) is 18.0. The Balaban J connectivity index is 2.00. The van der Waals surface area contributed by atoms with Crippen LogP contribution in [0.25, 0.3) is 0 Å². The summed E-state index contributed by atoms with van der Waals surface area (Å²) < 4.78 is 51.8. The molecule has 2 amide bonds. The van der Waals surface area contributed by atoms with Gasteiger partial charge in [-0.1, -0.05) is 25.5 Å². The number of halogens is 2. The van der Waals surface area contributed by atoms with E-state index < -0.39 is 27.6 Å². The molecule has 0 heterocycles. The van der Waals surface area contributed by atoms with Gasteiger partial charge in [-0.25, -0.2) is 17.2 Å². The van der Waals surface area contributed by atoms with Crippen molar-refractivity contribution in [1.29, 1.82) is 0 Å². The fraction of sp³-hybridized carbons (Fsp3) is 0.364. The molecule has 32 heavy (non-hydrogen) atoms. The summed E-state index contributed by atoms with van der Waals surface area (Å²) in [4.78, 5) is 24.7. The van der Waals surface area contributed by atoms with Crippen molar-refractivity contribution >= 4 is 33.2 Å². The predicted octanol–water partition coefficient (Wildman–Crippen LogP) is 3.68. The van der Waals surface area contributed by atoms with E-state index in [1.165, 1.54) is 0 Å². The van der Waals surface area contributed by atoms with Gasteiger partial charge in [0.2, 0.25) is 15.9 Å². The lowest BCUT2D eigenvalue weighted by Crippen LogP contribution is -2.31. The van der Waals surface area contributed by atoms with E-state index in [4.69, 9.17) is 0 Å². The Bertz CT molecular complexity index is 1060. The Morgan fingerprint density at radius 3 is 2.41 bits per heavy atom. The first kappa shape index (κ1) is 25.3. The largest absolute Gasteiger partial charge is 0.352 e. The van der Waals surface area contributed by atoms with Gasteiger partial charge in [-0.2, -0.15) is 0 Å². The third-order valence-corrected chi connectivity index (χ3v) is 5.81. The van der Waals surface area contributed by atoms with Crippen molar-refractivity contribution in [2.45, 2.75) is 32.6 Å². The van der Waals surface area contributed by atoms with Crippen molar-refractivity contribution in [3.63, 3.8) is 0 Å². The van der Waals surface area contributed by atoms with Crippen LogP contribution in [0.3, 0.4) is 0 Å². The highest BCUT2D eigenvalue weighted by atomic mass is 32.2. The van der Waals surface area contributed by atoms with Crippen molar-refractivity contribution in [1.82, 2.24) is 5.32 Å². The summed E-state index contributed by atoms with van der Waals surface area (Å²) in [5, 5.41) is 5.47. The third-order valence-electron chi connectivity index (χ3n) is 4.62. The Kier molecular flexibility index (Phi) is 9.13. The maximum atomic E-state index is 13.5. The van der Waals surface area contributed by atoms with Crippen LogP contribution in [0.5, 0.6) is 0 Å². The molecule has 0 saturated carbocycles. The van der Waals surface area contributed by atoms with Crippen LogP contribution in [0, 0.1) is 11.6 Å². The molecular weight excluding hydrogens is 440 g/mol. The van der Waals surface area contributed by atoms with Gasteiger partial charge in [-0.05, 0) is 37.1 Å². The van der Waals surface area contributed by atoms with Gasteiger partial charge in [0.05, 0.1) is 23.2 Å². The lowest BCUT2D eigenvalue weighted by atomic mass is 10.1. The molecule has 0 aliphatic rings. The minimum Gasteiger partial charge on any atom is -0.352 e. The zero-order chi connectivity index (χ0) is 23.7. The molecule has 0 aliphatic carbocycles. The molecule has 0 bridgehead atoms. The molecule has 7 nitrogen and oxygen atoms in total. The van der Waals surface area contributed by atoms with Crippen molar-refractivity contribution in [2.75, 3.05) is 29.0 Å². The number of nitrogens with one attached hydrogen (secondary N) is 2. The van der Waals surface area contributed by atoms with Gasteiger partial charge in [0.15, 0.2) is 11.6 Å². The van der Waals surface area contributed by atoms with E-state index in [2.05, 4.69) is 10.6 Å². The second-order valence-electron chi connectivity index (χ2n) is 7.24. The van der Waals surface area contributed by atoms with Crippen LogP contribution in [0.2, 0.25) is 0 Å². The highest BCUT2D eigenvalue weighted by Gasteiger charge is 2.19. The molecule has 2 N–H and O–H groups in total. The van der Waals surface area contributed by atoms with E-state index in [9.17, 15) is 26.8 Å². The van der Waals surface area contributed by atoms with Crippen LogP contribution in [-0.4, -0.2) is 39.6 Å². The summed E-state index contributed by atoms with van der Waals surface area (Å²) in [6.45, 7) is 2.44. The first-order valence-electron chi connectivity index (χ1n) is 10.2. The number of amides is 2. The summed E-state index contributed by atoms with van der Waals surface area (Å²) in [6.07, 6.45) is 2.81. The van der Waals surface area contributed by atoms with E-state index in [1.54, 1.807) is 24.3 Å². The Hall–Kier alpha value is -3.01. The van der Waals surface area contributed by atoms with Gasteiger partial charge in [0, 0.05) is 25.6 Å². The summed E-state index contributed by atoms with van der Waals surface area (Å²) in [6, 6.07) is 9.39. The molecule has 174 valence electrons. The van der Waals surface area contributed by atoms with E-state index in [1.807, 2.05) is 6.92 Å². The topological polar surface area (TPSA) is 95.6 Å². The fourth-order valence-corrected chi connectivity index (χ4v) is 3.94. The molecular formula is C22H27F2N3O4S. The molecule has 2 rings (SSSR count). The number of sulfonamides is 1. The van der Waals surface area contributed by atoms with E-state index in [0.29, 0.717) is 17.8 Å². The van der Waals surface area contributed by atoms with Crippen molar-refractivity contribution in [3.8, 4) is 0 Å². The van der Waals surface area contributed by atoms with E-state index in [-0.39, 0.29) is 31.0 Å². The average molecular weight is 468 g/mol. The lowest BCUT2D eigenvalue weighted by Gasteiger charge is -2.22. The Morgan fingerprint density at radius 1 is 1.03 bits per heavy atom. The molecule has 0 saturated heterocycles. The molecule has 2 aromatic carbocycles. The van der Waals surface area contributed by atoms with Gasteiger partial charge in [0.1, 0.15) is 0 Å². The third kappa shape index (κ3) is 7.30. The summed E-state index contributed by atoms with van der Waals surface area (Å²) in [5.41, 5.74) is 0.657. The molecule has 0 fully saturated rings. The molecule has 2 aromatic rings. The molecule has 0 radical (unpaired) electrons. The molecule has 0 aliphatic heterocycles. The zero-order valence-corrected chi connectivity index (χ0v) is 18.8. The smallest absolute Gasteiger partial charge is 0.253 e. The molecule has 0 aromatic heterocycles.